The van der Waals surface area contributed by atoms with Crippen molar-refractivity contribution in [2.24, 2.45) is 0 Å². The third-order valence-electron chi connectivity index (χ3n) is 3.88. The van der Waals surface area contributed by atoms with Crippen LogP contribution in [-0.2, 0) is 19.6 Å². The van der Waals surface area contributed by atoms with E-state index in [-0.39, 0.29) is 31.1 Å². The number of hydrogen-bond acceptors (Lipinski definition) is 7. The summed E-state index contributed by atoms with van der Waals surface area (Å²) in [7, 11) is -0.895. The fourth-order valence-electron chi connectivity index (χ4n) is 2.54. The van der Waals surface area contributed by atoms with Crippen molar-refractivity contribution >= 4 is 21.9 Å². The monoisotopic (exact) mass is 371 g/mol. The van der Waals surface area contributed by atoms with Crippen molar-refractivity contribution in [3.05, 3.63) is 18.2 Å². The minimum Gasteiger partial charge on any atom is -0.550 e. The van der Waals surface area contributed by atoms with Crippen LogP contribution in [-0.4, -0.2) is 69.9 Å². The van der Waals surface area contributed by atoms with Crippen LogP contribution >= 0.6 is 0 Å². The van der Waals surface area contributed by atoms with E-state index in [1.165, 1.54) is 41.6 Å². The van der Waals surface area contributed by atoms with Gasteiger partial charge in [-0.15, -0.1) is 0 Å². The highest BCUT2D eigenvalue weighted by Crippen LogP contribution is 2.30. The minimum atomic E-state index is -3.76. The van der Waals surface area contributed by atoms with E-state index < -0.39 is 28.3 Å². The molecule has 10 heteroatoms. The average Bonchev–Trinajstić information content (AvgIpc) is 2.60. The first kappa shape index (κ1) is 19.0. The number of amides is 1. The first-order valence-corrected chi connectivity index (χ1v) is 8.93. The maximum atomic E-state index is 12.7. The number of rotatable bonds is 6. The van der Waals surface area contributed by atoms with Crippen molar-refractivity contribution < 1.29 is 32.6 Å². The minimum absolute atomic E-state index is 0.0552. The summed E-state index contributed by atoms with van der Waals surface area (Å²) in [5, 5.41) is 10.5. The van der Waals surface area contributed by atoms with Crippen molar-refractivity contribution in [2.45, 2.75) is 11.3 Å². The number of nitrogens with zero attached hydrogens (tertiary/aromatic N) is 2. The zero-order valence-electron chi connectivity index (χ0n) is 13.9. The zero-order chi connectivity index (χ0) is 18.6. The molecule has 2 rings (SSSR count). The van der Waals surface area contributed by atoms with Crippen LogP contribution in [0.3, 0.4) is 0 Å². The lowest BCUT2D eigenvalue weighted by atomic mass is 10.3. The van der Waals surface area contributed by atoms with Gasteiger partial charge in [0.15, 0.2) is 11.5 Å². The van der Waals surface area contributed by atoms with Crippen LogP contribution in [0.15, 0.2) is 23.1 Å². The quantitative estimate of drug-likeness (QED) is 0.569. The summed E-state index contributed by atoms with van der Waals surface area (Å²) in [6.45, 7) is 0.405. The molecule has 1 heterocycles. The second-order valence-electron chi connectivity index (χ2n) is 5.35. The smallest absolute Gasteiger partial charge is 0.243 e. The molecule has 1 aromatic rings. The topological polar surface area (TPSA) is 116 Å². The fourth-order valence-corrected chi connectivity index (χ4v) is 3.98. The lowest BCUT2D eigenvalue weighted by Crippen LogP contribution is -2.51. The molecule has 1 saturated heterocycles. The summed E-state index contributed by atoms with van der Waals surface area (Å²) in [5.74, 6) is -1.32. The van der Waals surface area contributed by atoms with E-state index in [0.717, 1.165) is 0 Å². The van der Waals surface area contributed by atoms with E-state index in [0.29, 0.717) is 11.5 Å². The number of methoxy groups -OCH3 is 2. The van der Waals surface area contributed by atoms with Crippen molar-refractivity contribution in [2.75, 3.05) is 40.4 Å². The Kier molecular flexibility index (Phi) is 5.85. The van der Waals surface area contributed by atoms with Crippen molar-refractivity contribution in [3.63, 3.8) is 0 Å². The summed E-state index contributed by atoms with van der Waals surface area (Å²) in [6, 6.07) is 4.30. The summed E-state index contributed by atoms with van der Waals surface area (Å²) < 4.78 is 36.9. The van der Waals surface area contributed by atoms with E-state index in [2.05, 4.69) is 0 Å². The van der Waals surface area contributed by atoms with Gasteiger partial charge < -0.3 is 24.3 Å². The molecule has 1 fully saturated rings. The van der Waals surface area contributed by atoms with Gasteiger partial charge in [0.05, 0.1) is 31.5 Å². The van der Waals surface area contributed by atoms with Crippen LogP contribution in [0.25, 0.3) is 0 Å². The number of sulfonamides is 1. The van der Waals surface area contributed by atoms with Gasteiger partial charge in [0.25, 0.3) is 0 Å². The molecule has 1 amide bonds. The molecular formula is C15H19N2O7S-. The average molecular weight is 371 g/mol. The predicted molar refractivity (Wildman–Crippen MR) is 84.5 cm³/mol. The molecule has 0 aromatic heterocycles. The molecule has 25 heavy (non-hydrogen) atoms. The molecule has 138 valence electrons. The van der Waals surface area contributed by atoms with Gasteiger partial charge in [-0.2, -0.15) is 4.31 Å². The number of piperazine rings is 1. The van der Waals surface area contributed by atoms with E-state index in [1.807, 2.05) is 0 Å². The van der Waals surface area contributed by atoms with Gasteiger partial charge in [0.2, 0.25) is 15.9 Å². The van der Waals surface area contributed by atoms with Gasteiger partial charge in [0, 0.05) is 32.2 Å². The standard InChI is InChI=1S/C15H20N2O7S/c1-23-12-4-3-11(9-13(12)24-2)25(21,22)17-7-5-16(6-8-17)14(18)10-15(19)20/h3-4,9H,5-8,10H2,1-2H3,(H,19,20)/p-1. The van der Waals surface area contributed by atoms with Gasteiger partial charge in [-0.25, -0.2) is 8.42 Å². The molecule has 0 radical (unpaired) electrons. The van der Waals surface area contributed by atoms with Crippen LogP contribution in [0.2, 0.25) is 0 Å². The Morgan fingerprint density at radius 3 is 2.20 bits per heavy atom. The Labute approximate surface area is 145 Å². The largest absolute Gasteiger partial charge is 0.550 e. The van der Waals surface area contributed by atoms with E-state index >= 15 is 0 Å². The van der Waals surface area contributed by atoms with Crippen LogP contribution in [0, 0.1) is 0 Å². The normalized spacial score (nSPS) is 15.7. The van der Waals surface area contributed by atoms with Gasteiger partial charge in [-0.3, -0.25) is 4.79 Å². The summed E-state index contributed by atoms with van der Waals surface area (Å²) in [6.07, 6.45) is -0.706. The predicted octanol–water partition coefficient (Wildman–Crippen LogP) is -1.32. The SMILES string of the molecule is COc1ccc(S(=O)(=O)N2CCN(C(=O)CC(=O)[O-])CC2)cc1OC. The first-order chi connectivity index (χ1) is 11.8. The van der Waals surface area contributed by atoms with Gasteiger partial charge in [0.1, 0.15) is 0 Å². The van der Waals surface area contributed by atoms with Crippen molar-refractivity contribution in [1.82, 2.24) is 9.21 Å². The molecule has 0 aliphatic carbocycles. The van der Waals surface area contributed by atoms with Gasteiger partial charge >= 0.3 is 0 Å². The van der Waals surface area contributed by atoms with Gasteiger partial charge in [-0.05, 0) is 12.1 Å². The summed E-state index contributed by atoms with van der Waals surface area (Å²) in [4.78, 5) is 23.6. The number of ether oxygens (including phenoxy) is 2. The molecule has 1 aromatic carbocycles. The molecule has 0 unspecified atom stereocenters. The lowest BCUT2D eigenvalue weighted by molar-refractivity contribution is -0.304. The zero-order valence-corrected chi connectivity index (χ0v) is 14.7. The highest BCUT2D eigenvalue weighted by atomic mass is 32.2. The maximum absolute atomic E-state index is 12.7. The molecule has 9 nitrogen and oxygen atoms in total. The number of aliphatic carboxylic acids is 1. The molecule has 1 aliphatic rings. The number of carbonyl (C=O) groups is 2. The molecule has 0 N–H and O–H groups in total. The van der Waals surface area contributed by atoms with Gasteiger partial charge in [-0.1, -0.05) is 0 Å². The number of carbonyl (C=O) groups excluding carboxylic acids is 2. The molecule has 1 aliphatic heterocycles. The van der Waals surface area contributed by atoms with Crippen LogP contribution in [0.1, 0.15) is 6.42 Å². The Balaban J connectivity index is 2.12. The Bertz CT molecular complexity index is 755. The number of benzene rings is 1. The van der Waals surface area contributed by atoms with E-state index in [4.69, 9.17) is 9.47 Å². The third-order valence-corrected chi connectivity index (χ3v) is 5.77. The highest BCUT2D eigenvalue weighted by Gasteiger charge is 2.30. The number of hydrogen-bond donors (Lipinski definition) is 0. The fraction of sp³-hybridized carbons (Fsp3) is 0.467. The van der Waals surface area contributed by atoms with Crippen molar-refractivity contribution in [3.8, 4) is 11.5 Å². The Hall–Kier alpha value is -2.33. The van der Waals surface area contributed by atoms with E-state index in [9.17, 15) is 23.1 Å². The molecule has 0 saturated carbocycles. The molecule has 0 bridgehead atoms. The highest BCUT2D eigenvalue weighted by molar-refractivity contribution is 7.89. The molecule has 0 spiro atoms. The summed E-state index contributed by atoms with van der Waals surface area (Å²) in [5.41, 5.74) is 0. The molecule has 0 atom stereocenters. The van der Waals surface area contributed by atoms with E-state index in [1.54, 1.807) is 0 Å². The van der Waals surface area contributed by atoms with Crippen LogP contribution in [0.4, 0.5) is 0 Å². The second-order valence-corrected chi connectivity index (χ2v) is 7.29. The number of carboxylic acid groups (broad SMARTS) is 1. The van der Waals surface area contributed by atoms with Crippen LogP contribution in [0.5, 0.6) is 11.5 Å². The van der Waals surface area contributed by atoms with Crippen molar-refractivity contribution in [1.29, 1.82) is 0 Å². The second kappa shape index (κ2) is 7.70. The Morgan fingerprint density at radius 1 is 1.08 bits per heavy atom. The maximum Gasteiger partial charge on any atom is 0.243 e. The van der Waals surface area contributed by atoms with Crippen LogP contribution < -0.4 is 14.6 Å². The number of carboxylic acids is 1. The third kappa shape index (κ3) is 4.20. The Morgan fingerprint density at radius 2 is 1.68 bits per heavy atom. The first-order valence-electron chi connectivity index (χ1n) is 7.49. The summed E-state index contributed by atoms with van der Waals surface area (Å²) >= 11 is 0. The molecular weight excluding hydrogens is 352 g/mol. The lowest BCUT2D eigenvalue weighted by Gasteiger charge is -2.34.